The first-order valence-electron chi connectivity index (χ1n) is 10.4. The van der Waals surface area contributed by atoms with Crippen LogP contribution in [0.1, 0.15) is 34.3 Å². The Bertz CT molecular complexity index is 1180. The normalized spacial score (nSPS) is 16.0. The number of aromatic nitrogens is 6. The van der Waals surface area contributed by atoms with Gasteiger partial charge in [-0.1, -0.05) is 23.8 Å². The van der Waals surface area contributed by atoms with Crippen LogP contribution in [-0.4, -0.2) is 53.4 Å². The Labute approximate surface area is 180 Å². The van der Waals surface area contributed by atoms with E-state index < -0.39 is 0 Å². The fourth-order valence-electron chi connectivity index (χ4n) is 4.23. The van der Waals surface area contributed by atoms with Crippen LogP contribution < -0.4 is 0 Å². The van der Waals surface area contributed by atoms with Gasteiger partial charge in [0.2, 0.25) is 0 Å². The molecule has 0 N–H and O–H groups in total. The molecule has 1 amide bonds. The maximum atomic E-state index is 13.6. The minimum Gasteiger partial charge on any atom is -0.335 e. The summed E-state index contributed by atoms with van der Waals surface area (Å²) in [5.74, 6) is 0.0309. The first-order valence-corrected chi connectivity index (χ1v) is 10.4. The maximum absolute atomic E-state index is 13.6. The Morgan fingerprint density at radius 1 is 0.968 bits per heavy atom. The van der Waals surface area contributed by atoms with Crippen LogP contribution in [0.5, 0.6) is 0 Å². The molecule has 2 aromatic carbocycles. The van der Waals surface area contributed by atoms with Crippen molar-refractivity contribution in [2.45, 2.75) is 32.2 Å². The quantitative estimate of drug-likeness (QED) is 0.502. The van der Waals surface area contributed by atoms with Crippen LogP contribution in [0.3, 0.4) is 0 Å². The number of hydrogen-bond donors (Lipinski definition) is 0. The number of aryl methyl sites for hydroxylation is 1. The van der Waals surface area contributed by atoms with E-state index in [9.17, 15) is 4.79 Å². The lowest BCUT2D eigenvalue weighted by Gasteiger charge is -2.26. The van der Waals surface area contributed by atoms with E-state index in [1.54, 1.807) is 29.6 Å². The van der Waals surface area contributed by atoms with Gasteiger partial charge in [-0.3, -0.25) is 4.79 Å². The Morgan fingerprint density at radius 2 is 1.71 bits per heavy atom. The van der Waals surface area contributed by atoms with Crippen molar-refractivity contribution in [3.05, 3.63) is 83.9 Å². The summed E-state index contributed by atoms with van der Waals surface area (Å²) in [6.07, 6.45) is 9.34. The molecule has 1 aliphatic rings. The van der Waals surface area contributed by atoms with Crippen molar-refractivity contribution in [3.63, 3.8) is 0 Å². The van der Waals surface area contributed by atoms with E-state index in [-0.39, 0.29) is 11.9 Å². The minimum absolute atomic E-state index is 0.0309. The van der Waals surface area contributed by atoms with Gasteiger partial charge in [0, 0.05) is 12.6 Å². The SMILES string of the molecule is Cc1ccc(-n2nccn2)c(C(=O)N2CCCC2Cc2cccc(-n3nccn3)c2)c1. The summed E-state index contributed by atoms with van der Waals surface area (Å²) in [6, 6.07) is 14.1. The van der Waals surface area contributed by atoms with E-state index in [0.717, 1.165) is 42.6 Å². The van der Waals surface area contributed by atoms with Crippen LogP contribution in [0.2, 0.25) is 0 Å². The van der Waals surface area contributed by atoms with Gasteiger partial charge in [0.1, 0.15) is 0 Å². The Balaban J connectivity index is 1.41. The van der Waals surface area contributed by atoms with Crippen molar-refractivity contribution < 1.29 is 4.79 Å². The van der Waals surface area contributed by atoms with E-state index in [2.05, 4.69) is 32.5 Å². The second-order valence-corrected chi connectivity index (χ2v) is 7.83. The molecule has 0 bridgehead atoms. The number of likely N-dealkylation sites (tertiary alicyclic amines) is 1. The number of hydrogen-bond acceptors (Lipinski definition) is 5. The largest absolute Gasteiger partial charge is 0.335 e. The van der Waals surface area contributed by atoms with Crippen LogP contribution in [-0.2, 0) is 6.42 Å². The fraction of sp³-hybridized carbons (Fsp3) is 0.261. The average Bonchev–Trinajstić information content (AvgIpc) is 3.56. The molecule has 31 heavy (non-hydrogen) atoms. The fourth-order valence-corrected chi connectivity index (χ4v) is 4.23. The lowest BCUT2D eigenvalue weighted by molar-refractivity contribution is 0.0736. The van der Waals surface area contributed by atoms with Crippen molar-refractivity contribution in [1.82, 2.24) is 34.9 Å². The molecule has 4 aromatic rings. The second kappa shape index (κ2) is 8.14. The predicted molar refractivity (Wildman–Crippen MR) is 115 cm³/mol. The highest BCUT2D eigenvalue weighted by atomic mass is 16.2. The van der Waals surface area contributed by atoms with E-state index >= 15 is 0 Å². The number of nitrogens with zero attached hydrogens (tertiary/aromatic N) is 7. The van der Waals surface area contributed by atoms with E-state index in [4.69, 9.17) is 0 Å². The highest BCUT2D eigenvalue weighted by molar-refractivity contribution is 5.98. The highest BCUT2D eigenvalue weighted by Crippen LogP contribution is 2.26. The van der Waals surface area contributed by atoms with Gasteiger partial charge in [0.05, 0.1) is 41.7 Å². The average molecular weight is 413 g/mol. The lowest BCUT2D eigenvalue weighted by atomic mass is 10.0. The van der Waals surface area contributed by atoms with Crippen molar-refractivity contribution in [1.29, 1.82) is 0 Å². The molecule has 1 fully saturated rings. The zero-order valence-corrected chi connectivity index (χ0v) is 17.3. The molecule has 0 aliphatic carbocycles. The van der Waals surface area contributed by atoms with Crippen molar-refractivity contribution >= 4 is 5.91 Å². The molecular formula is C23H23N7O. The summed E-state index contributed by atoms with van der Waals surface area (Å²) in [4.78, 5) is 18.7. The van der Waals surface area contributed by atoms with Crippen LogP contribution in [0.15, 0.2) is 67.3 Å². The molecule has 0 radical (unpaired) electrons. The topological polar surface area (TPSA) is 81.7 Å². The van der Waals surface area contributed by atoms with E-state index in [1.807, 2.05) is 42.2 Å². The smallest absolute Gasteiger partial charge is 0.256 e. The summed E-state index contributed by atoms with van der Waals surface area (Å²) in [5.41, 5.74) is 4.46. The van der Waals surface area contributed by atoms with Crippen LogP contribution in [0.25, 0.3) is 11.4 Å². The molecule has 3 heterocycles. The molecule has 5 rings (SSSR count). The molecule has 0 spiro atoms. The molecule has 2 aromatic heterocycles. The Kier molecular flexibility index (Phi) is 5.03. The standard InChI is InChI=1S/C23H23N7O/c1-17-7-8-22(30-26-11-12-27-30)21(14-17)23(31)28-13-3-6-19(28)15-18-4-2-5-20(16-18)29-24-9-10-25-29/h2,4-5,7-12,14,16,19H,3,6,13,15H2,1H3. The molecular weight excluding hydrogens is 390 g/mol. The van der Waals surface area contributed by atoms with Gasteiger partial charge in [-0.15, -0.1) is 0 Å². The zero-order valence-electron chi connectivity index (χ0n) is 17.3. The van der Waals surface area contributed by atoms with Crippen LogP contribution in [0.4, 0.5) is 0 Å². The summed E-state index contributed by atoms with van der Waals surface area (Å²) in [6.45, 7) is 2.75. The number of carbonyl (C=O) groups is 1. The molecule has 1 unspecified atom stereocenters. The molecule has 8 nitrogen and oxygen atoms in total. The third-order valence-electron chi connectivity index (χ3n) is 5.69. The highest BCUT2D eigenvalue weighted by Gasteiger charge is 2.31. The van der Waals surface area contributed by atoms with E-state index in [0.29, 0.717) is 11.3 Å². The summed E-state index contributed by atoms with van der Waals surface area (Å²) >= 11 is 0. The molecule has 8 heteroatoms. The van der Waals surface area contributed by atoms with Gasteiger partial charge >= 0.3 is 0 Å². The van der Waals surface area contributed by atoms with Crippen LogP contribution in [0, 0.1) is 6.92 Å². The summed E-state index contributed by atoms with van der Waals surface area (Å²) < 4.78 is 0. The first-order chi connectivity index (χ1) is 15.2. The number of rotatable bonds is 5. The molecule has 1 aliphatic heterocycles. The molecule has 156 valence electrons. The Morgan fingerprint density at radius 3 is 2.48 bits per heavy atom. The van der Waals surface area contributed by atoms with Crippen molar-refractivity contribution in [2.24, 2.45) is 0 Å². The zero-order chi connectivity index (χ0) is 21.2. The molecule has 1 atom stereocenters. The number of carbonyl (C=O) groups excluding carboxylic acids is 1. The van der Waals surface area contributed by atoms with E-state index in [1.165, 1.54) is 4.80 Å². The lowest BCUT2D eigenvalue weighted by Crippen LogP contribution is -2.37. The monoisotopic (exact) mass is 413 g/mol. The molecule has 1 saturated heterocycles. The van der Waals surface area contributed by atoms with Crippen molar-refractivity contribution in [2.75, 3.05) is 6.54 Å². The first kappa shape index (κ1) is 19.2. The Hall–Kier alpha value is -3.81. The molecule has 0 saturated carbocycles. The predicted octanol–water partition coefficient (Wildman–Crippen LogP) is 3.00. The number of amides is 1. The van der Waals surface area contributed by atoms with Gasteiger partial charge in [0.15, 0.2) is 0 Å². The van der Waals surface area contributed by atoms with Gasteiger partial charge in [-0.05, 0) is 56.0 Å². The van der Waals surface area contributed by atoms with Gasteiger partial charge in [-0.25, -0.2) is 0 Å². The van der Waals surface area contributed by atoms with Gasteiger partial charge in [0.25, 0.3) is 5.91 Å². The third-order valence-corrected chi connectivity index (χ3v) is 5.69. The summed E-state index contributed by atoms with van der Waals surface area (Å²) in [7, 11) is 0. The maximum Gasteiger partial charge on any atom is 0.256 e. The second-order valence-electron chi connectivity index (χ2n) is 7.83. The third kappa shape index (κ3) is 3.84. The van der Waals surface area contributed by atoms with Crippen molar-refractivity contribution in [3.8, 4) is 11.4 Å². The van der Waals surface area contributed by atoms with Crippen LogP contribution >= 0.6 is 0 Å². The van der Waals surface area contributed by atoms with Gasteiger partial charge < -0.3 is 4.90 Å². The van der Waals surface area contributed by atoms with Gasteiger partial charge in [-0.2, -0.15) is 30.0 Å². The minimum atomic E-state index is 0.0309. The number of benzene rings is 2. The summed E-state index contributed by atoms with van der Waals surface area (Å²) in [5, 5.41) is 16.9.